The van der Waals surface area contributed by atoms with Crippen molar-refractivity contribution in [3.05, 3.63) is 87.7 Å². The highest BCUT2D eigenvalue weighted by Gasteiger charge is 2.35. The zero-order chi connectivity index (χ0) is 22.1. The summed E-state index contributed by atoms with van der Waals surface area (Å²) >= 11 is 7.35. The van der Waals surface area contributed by atoms with Crippen LogP contribution in [-0.4, -0.2) is 32.3 Å². The van der Waals surface area contributed by atoms with Crippen molar-refractivity contribution in [1.29, 1.82) is 0 Å². The number of carbonyl (C=O) groups excluding carboxylic acids is 1. The van der Waals surface area contributed by atoms with Gasteiger partial charge in [0.2, 0.25) is 5.89 Å². The molecule has 1 atom stereocenters. The zero-order valence-corrected chi connectivity index (χ0v) is 19.1. The van der Waals surface area contributed by atoms with E-state index >= 15 is 0 Å². The predicted octanol–water partition coefficient (Wildman–Crippen LogP) is 5.72. The predicted molar refractivity (Wildman–Crippen MR) is 124 cm³/mol. The van der Waals surface area contributed by atoms with Crippen molar-refractivity contribution < 1.29 is 9.21 Å². The van der Waals surface area contributed by atoms with Crippen molar-refractivity contribution in [2.45, 2.75) is 32.2 Å². The van der Waals surface area contributed by atoms with Gasteiger partial charge in [0, 0.05) is 24.2 Å². The zero-order valence-electron chi connectivity index (χ0n) is 17.5. The molecule has 0 radical (unpaired) electrons. The van der Waals surface area contributed by atoms with Crippen molar-refractivity contribution in [3.63, 3.8) is 0 Å². The summed E-state index contributed by atoms with van der Waals surface area (Å²) in [4.78, 5) is 29.4. The number of benzene rings is 1. The quantitative estimate of drug-likeness (QED) is 0.377. The number of oxazole rings is 1. The lowest BCUT2D eigenvalue weighted by atomic mass is 10.1. The van der Waals surface area contributed by atoms with E-state index in [2.05, 4.69) is 15.0 Å². The monoisotopic (exact) mass is 464 g/mol. The van der Waals surface area contributed by atoms with E-state index in [4.69, 9.17) is 16.0 Å². The average molecular weight is 465 g/mol. The lowest BCUT2D eigenvalue weighted by Crippen LogP contribution is -2.30. The Bertz CT molecular complexity index is 1240. The molecule has 6 nitrogen and oxygen atoms in total. The molecule has 3 aromatic heterocycles. The first-order valence-corrected chi connectivity index (χ1v) is 11.7. The van der Waals surface area contributed by atoms with Gasteiger partial charge in [-0.25, -0.2) is 9.97 Å². The van der Waals surface area contributed by atoms with E-state index in [0.717, 1.165) is 40.6 Å². The number of hydrogen-bond donors (Lipinski definition) is 0. The van der Waals surface area contributed by atoms with Gasteiger partial charge in [-0.3, -0.25) is 9.78 Å². The van der Waals surface area contributed by atoms with Crippen LogP contribution in [-0.2, 0) is 6.42 Å². The molecule has 1 aliphatic rings. The highest BCUT2D eigenvalue weighted by molar-refractivity contribution is 7.17. The summed E-state index contributed by atoms with van der Waals surface area (Å²) in [5.41, 5.74) is 2.60. The Morgan fingerprint density at radius 3 is 2.84 bits per heavy atom. The summed E-state index contributed by atoms with van der Waals surface area (Å²) in [5.74, 6) is 1.34. The molecule has 1 saturated heterocycles. The highest BCUT2D eigenvalue weighted by Crippen LogP contribution is 2.35. The third-order valence-corrected chi connectivity index (χ3v) is 6.96. The molecule has 4 heterocycles. The number of amides is 1. The van der Waals surface area contributed by atoms with Gasteiger partial charge < -0.3 is 9.32 Å². The highest BCUT2D eigenvalue weighted by atomic mass is 35.5. The maximum absolute atomic E-state index is 13.4. The Labute approximate surface area is 194 Å². The molecular formula is C24H21ClN4O2S. The van der Waals surface area contributed by atoms with Gasteiger partial charge in [0.25, 0.3) is 5.91 Å². The minimum Gasteiger partial charge on any atom is -0.443 e. The second-order valence-corrected chi connectivity index (χ2v) is 9.21. The fourth-order valence-corrected chi connectivity index (χ4v) is 5.08. The van der Waals surface area contributed by atoms with Crippen LogP contribution in [0.4, 0.5) is 0 Å². The molecule has 0 unspecified atom stereocenters. The van der Waals surface area contributed by atoms with Crippen LogP contribution < -0.4 is 0 Å². The molecule has 0 spiro atoms. The van der Waals surface area contributed by atoms with E-state index in [1.807, 2.05) is 54.3 Å². The van der Waals surface area contributed by atoms with Gasteiger partial charge in [-0.05, 0) is 49.6 Å². The number of likely N-dealkylation sites (tertiary alicyclic amines) is 1. The van der Waals surface area contributed by atoms with E-state index < -0.39 is 0 Å². The molecule has 0 bridgehead atoms. The van der Waals surface area contributed by atoms with Crippen molar-refractivity contribution in [3.8, 4) is 10.7 Å². The maximum Gasteiger partial charge on any atom is 0.266 e. The molecule has 32 heavy (non-hydrogen) atoms. The number of pyridine rings is 1. The maximum atomic E-state index is 13.4. The van der Waals surface area contributed by atoms with Crippen molar-refractivity contribution in [2.75, 3.05) is 6.54 Å². The number of carbonyl (C=O) groups is 1. The van der Waals surface area contributed by atoms with E-state index in [1.54, 1.807) is 12.4 Å². The lowest BCUT2D eigenvalue weighted by molar-refractivity contribution is 0.0718. The first kappa shape index (κ1) is 20.8. The Morgan fingerprint density at radius 1 is 1.22 bits per heavy atom. The third-order valence-electron chi connectivity index (χ3n) is 5.54. The van der Waals surface area contributed by atoms with Crippen LogP contribution in [0.5, 0.6) is 0 Å². The molecule has 0 aliphatic carbocycles. The fraction of sp³-hybridized carbons (Fsp3) is 0.250. The van der Waals surface area contributed by atoms with Crippen molar-refractivity contribution in [1.82, 2.24) is 19.9 Å². The minimum atomic E-state index is -0.165. The Balaban J connectivity index is 1.35. The summed E-state index contributed by atoms with van der Waals surface area (Å²) in [5, 5.41) is 1.46. The number of hydrogen-bond acceptors (Lipinski definition) is 6. The standard InChI is InChI=1S/C24H21ClN4O2S/c1-15-21(32-23(28-15)19-5-2-3-11-26-19)24(30)29-12-4-6-20(29)22-27-14-18(31-22)13-16-7-9-17(25)10-8-16/h2-3,5,7-11,14,20H,4,6,12-13H2,1H3/t20-/m0/s1. The van der Waals surface area contributed by atoms with Gasteiger partial charge in [-0.2, -0.15) is 0 Å². The van der Waals surface area contributed by atoms with Gasteiger partial charge >= 0.3 is 0 Å². The van der Waals surface area contributed by atoms with Gasteiger partial charge in [-0.1, -0.05) is 29.8 Å². The summed E-state index contributed by atoms with van der Waals surface area (Å²) in [6.45, 7) is 2.55. The van der Waals surface area contributed by atoms with Crippen LogP contribution in [0.2, 0.25) is 5.02 Å². The normalized spacial score (nSPS) is 15.9. The molecular weight excluding hydrogens is 444 g/mol. The number of thiazole rings is 1. The number of halogens is 1. The van der Waals surface area contributed by atoms with E-state index in [1.165, 1.54) is 11.3 Å². The lowest BCUT2D eigenvalue weighted by Gasteiger charge is -2.21. The number of aryl methyl sites for hydroxylation is 1. The Hall–Kier alpha value is -3.03. The summed E-state index contributed by atoms with van der Waals surface area (Å²) in [7, 11) is 0. The van der Waals surface area contributed by atoms with Gasteiger partial charge in [-0.15, -0.1) is 11.3 Å². The molecule has 0 saturated carbocycles. The van der Waals surface area contributed by atoms with Crippen LogP contribution in [0.1, 0.15) is 51.5 Å². The second-order valence-electron chi connectivity index (χ2n) is 7.77. The Kier molecular flexibility index (Phi) is 5.76. The molecule has 0 N–H and O–H groups in total. The molecule has 8 heteroatoms. The summed E-state index contributed by atoms with van der Waals surface area (Å²) in [6, 6.07) is 13.2. The first-order chi connectivity index (χ1) is 15.6. The second kappa shape index (κ2) is 8.84. The first-order valence-electron chi connectivity index (χ1n) is 10.5. The van der Waals surface area contributed by atoms with Crippen molar-refractivity contribution >= 4 is 28.8 Å². The van der Waals surface area contributed by atoms with Gasteiger partial charge in [0.05, 0.1) is 17.6 Å². The van der Waals surface area contributed by atoms with Gasteiger partial charge in [0.15, 0.2) is 0 Å². The SMILES string of the molecule is Cc1nc(-c2ccccn2)sc1C(=O)N1CCC[C@H]1c1ncc(Cc2ccc(Cl)cc2)o1. The number of rotatable bonds is 5. The summed E-state index contributed by atoms with van der Waals surface area (Å²) < 4.78 is 6.06. The largest absolute Gasteiger partial charge is 0.443 e. The van der Waals surface area contributed by atoms with Crippen molar-refractivity contribution in [2.24, 2.45) is 0 Å². The number of aromatic nitrogens is 3. The fourth-order valence-electron chi connectivity index (χ4n) is 3.95. The van der Waals surface area contributed by atoms with Crippen LogP contribution in [0.3, 0.4) is 0 Å². The van der Waals surface area contributed by atoms with Gasteiger partial charge in [0.1, 0.15) is 21.7 Å². The molecule has 4 aromatic rings. The third kappa shape index (κ3) is 4.18. The molecule has 1 amide bonds. The molecule has 1 aliphatic heterocycles. The molecule has 1 fully saturated rings. The van der Waals surface area contributed by atoms with E-state index in [-0.39, 0.29) is 11.9 Å². The molecule has 162 valence electrons. The van der Waals surface area contributed by atoms with Crippen LogP contribution in [0.25, 0.3) is 10.7 Å². The Morgan fingerprint density at radius 2 is 2.06 bits per heavy atom. The van der Waals surface area contributed by atoms with Crippen LogP contribution >= 0.6 is 22.9 Å². The van der Waals surface area contributed by atoms with E-state index in [9.17, 15) is 4.79 Å². The minimum absolute atomic E-state index is 0.0258. The molecule has 1 aromatic carbocycles. The topological polar surface area (TPSA) is 72.1 Å². The van der Waals surface area contributed by atoms with Crippen LogP contribution in [0, 0.1) is 6.92 Å². The average Bonchev–Trinajstić information content (AvgIpc) is 3.55. The molecule has 5 rings (SSSR count). The van der Waals surface area contributed by atoms with E-state index in [0.29, 0.717) is 28.8 Å². The van der Waals surface area contributed by atoms with Crippen LogP contribution in [0.15, 0.2) is 59.3 Å². The smallest absolute Gasteiger partial charge is 0.266 e. The number of nitrogens with zero attached hydrogens (tertiary/aromatic N) is 4. The summed E-state index contributed by atoms with van der Waals surface area (Å²) in [6.07, 6.45) is 5.86.